The number of nitrogens with one attached hydrogen (secondary N) is 1. The number of carboxylic acid groups (broad SMARTS) is 1. The maximum Gasteiger partial charge on any atom is 0.303 e. The summed E-state index contributed by atoms with van der Waals surface area (Å²) in [7, 11) is 0. The van der Waals surface area contributed by atoms with Crippen LogP contribution in [-0.4, -0.2) is 41.0 Å². The molecule has 2 aromatic carbocycles. The lowest BCUT2D eigenvalue weighted by Gasteiger charge is -2.12. The molecule has 0 unspecified atom stereocenters. The Morgan fingerprint density at radius 1 is 1.20 bits per heavy atom. The highest BCUT2D eigenvalue weighted by atomic mass is 16.7. The Kier molecular flexibility index (Phi) is 6.81. The maximum atomic E-state index is 11.0. The highest BCUT2D eigenvalue weighted by Crippen LogP contribution is 2.37. The molecule has 8 heteroatoms. The summed E-state index contributed by atoms with van der Waals surface area (Å²) in [6.45, 7) is 4.31. The Morgan fingerprint density at radius 2 is 2.09 bits per heavy atom. The number of hydrogen-bond donors (Lipinski definition) is 2. The highest BCUT2D eigenvalue weighted by molar-refractivity contribution is 5.68. The van der Waals surface area contributed by atoms with Gasteiger partial charge in [0.1, 0.15) is 5.75 Å². The summed E-state index contributed by atoms with van der Waals surface area (Å²) in [5, 5.41) is 12.5. The van der Waals surface area contributed by atoms with Crippen molar-refractivity contribution in [1.29, 1.82) is 0 Å². The zero-order valence-corrected chi connectivity index (χ0v) is 19.8. The highest BCUT2D eigenvalue weighted by Gasteiger charge is 2.24. The van der Waals surface area contributed by atoms with Crippen LogP contribution in [0.15, 0.2) is 42.6 Å². The van der Waals surface area contributed by atoms with Gasteiger partial charge in [0.25, 0.3) is 0 Å². The van der Waals surface area contributed by atoms with E-state index in [0.717, 1.165) is 65.4 Å². The van der Waals surface area contributed by atoms with E-state index in [2.05, 4.69) is 16.4 Å². The Balaban J connectivity index is 1.09. The molecule has 0 spiro atoms. The van der Waals surface area contributed by atoms with Crippen LogP contribution in [0.1, 0.15) is 47.6 Å². The zero-order chi connectivity index (χ0) is 24.2. The maximum absolute atomic E-state index is 11.0. The molecular formula is C27H29N3O5. The molecule has 35 heavy (non-hydrogen) atoms. The van der Waals surface area contributed by atoms with E-state index in [9.17, 15) is 4.79 Å². The minimum Gasteiger partial charge on any atom is -0.494 e. The lowest BCUT2D eigenvalue weighted by molar-refractivity contribution is -0.137. The number of benzene rings is 2. The normalized spacial score (nSPS) is 15.7. The third kappa shape index (κ3) is 5.38. The summed E-state index contributed by atoms with van der Waals surface area (Å²) in [6, 6.07) is 11.8. The molecule has 1 atom stereocenters. The Hall–Kier alpha value is -3.65. The van der Waals surface area contributed by atoms with E-state index < -0.39 is 5.97 Å². The first-order valence-electron chi connectivity index (χ1n) is 12.0. The molecule has 1 aliphatic carbocycles. The summed E-state index contributed by atoms with van der Waals surface area (Å²) in [6.07, 6.45) is 4.72. The summed E-state index contributed by atoms with van der Waals surface area (Å²) in [4.78, 5) is 20.3. The molecule has 3 aromatic rings. The summed E-state index contributed by atoms with van der Waals surface area (Å²) in [5.74, 6) is 2.35. The number of hydrogen-bond acceptors (Lipinski definition) is 7. The molecule has 0 radical (unpaired) electrons. The van der Waals surface area contributed by atoms with Crippen LogP contribution in [0.3, 0.4) is 0 Å². The topological polar surface area (TPSA) is 103 Å². The van der Waals surface area contributed by atoms with Crippen molar-refractivity contribution < 1.29 is 24.1 Å². The van der Waals surface area contributed by atoms with Crippen molar-refractivity contribution in [3.05, 3.63) is 65.0 Å². The number of aryl methyl sites for hydroxylation is 2. The quantitative estimate of drug-likeness (QED) is 0.420. The Morgan fingerprint density at radius 3 is 2.97 bits per heavy atom. The number of aliphatic carboxylic acids is 1. The van der Waals surface area contributed by atoms with E-state index in [0.29, 0.717) is 19.0 Å². The number of aromatic nitrogens is 2. The van der Waals surface area contributed by atoms with E-state index >= 15 is 0 Å². The second-order valence-corrected chi connectivity index (χ2v) is 8.96. The smallest absolute Gasteiger partial charge is 0.303 e. The Labute approximate surface area is 204 Å². The van der Waals surface area contributed by atoms with E-state index in [-0.39, 0.29) is 19.1 Å². The van der Waals surface area contributed by atoms with Gasteiger partial charge in [0.2, 0.25) is 6.79 Å². The average Bonchev–Trinajstić information content (AvgIpc) is 3.48. The van der Waals surface area contributed by atoms with Gasteiger partial charge in [0.15, 0.2) is 17.3 Å². The summed E-state index contributed by atoms with van der Waals surface area (Å²) < 4.78 is 16.8. The molecule has 2 aliphatic rings. The fourth-order valence-corrected chi connectivity index (χ4v) is 4.62. The van der Waals surface area contributed by atoms with Crippen molar-refractivity contribution in [2.75, 3.05) is 19.9 Å². The number of fused-ring (bicyclic) bond motifs is 2. The molecule has 2 heterocycles. The molecule has 2 N–H and O–H groups in total. The molecule has 1 aliphatic heterocycles. The van der Waals surface area contributed by atoms with Crippen molar-refractivity contribution in [2.24, 2.45) is 0 Å². The van der Waals surface area contributed by atoms with Gasteiger partial charge >= 0.3 is 5.97 Å². The number of ether oxygens (including phenoxy) is 3. The van der Waals surface area contributed by atoms with Crippen LogP contribution in [0.2, 0.25) is 0 Å². The van der Waals surface area contributed by atoms with Gasteiger partial charge < -0.3 is 24.6 Å². The predicted molar refractivity (Wildman–Crippen MR) is 130 cm³/mol. The second-order valence-electron chi connectivity index (χ2n) is 8.96. The molecule has 0 saturated heterocycles. The van der Waals surface area contributed by atoms with Crippen molar-refractivity contribution in [2.45, 2.75) is 45.1 Å². The van der Waals surface area contributed by atoms with Gasteiger partial charge in [-0.1, -0.05) is 6.07 Å². The molecular weight excluding hydrogens is 446 g/mol. The zero-order valence-electron chi connectivity index (χ0n) is 19.8. The largest absolute Gasteiger partial charge is 0.494 e. The van der Waals surface area contributed by atoms with Crippen LogP contribution in [0, 0.1) is 6.92 Å². The molecule has 5 rings (SSSR count). The average molecular weight is 476 g/mol. The van der Waals surface area contributed by atoms with Gasteiger partial charge in [0.05, 0.1) is 18.7 Å². The standard InChI is InChI=1S/C27H29N3O5/c1-17-14-29-27(20-5-8-24-25(12-20)35-16-34-24)30-23(17)15-28-9-2-10-33-21-6-7-22-18(11-21)3-4-19(22)13-26(31)32/h5-8,11-12,14,19,28H,2-4,9-10,13,15-16H2,1H3,(H,31,32)/t19-/m0/s1. The molecule has 8 nitrogen and oxygen atoms in total. The van der Waals surface area contributed by atoms with Crippen molar-refractivity contribution >= 4 is 5.97 Å². The predicted octanol–water partition coefficient (Wildman–Crippen LogP) is 4.24. The van der Waals surface area contributed by atoms with Crippen LogP contribution < -0.4 is 19.5 Å². The third-order valence-corrected chi connectivity index (χ3v) is 6.50. The molecule has 1 aromatic heterocycles. The van der Waals surface area contributed by atoms with Crippen molar-refractivity contribution in [3.8, 4) is 28.6 Å². The van der Waals surface area contributed by atoms with Gasteiger partial charge in [-0.25, -0.2) is 9.97 Å². The van der Waals surface area contributed by atoms with Gasteiger partial charge in [0, 0.05) is 18.3 Å². The fraction of sp³-hybridized carbons (Fsp3) is 0.370. The summed E-state index contributed by atoms with van der Waals surface area (Å²) in [5.41, 5.74) is 5.26. The lowest BCUT2D eigenvalue weighted by Crippen LogP contribution is -2.19. The van der Waals surface area contributed by atoms with Crippen LogP contribution in [0.25, 0.3) is 11.4 Å². The summed E-state index contributed by atoms with van der Waals surface area (Å²) >= 11 is 0. The van der Waals surface area contributed by atoms with Crippen LogP contribution in [0.4, 0.5) is 0 Å². The lowest BCUT2D eigenvalue weighted by atomic mass is 9.98. The van der Waals surface area contributed by atoms with E-state index in [1.807, 2.05) is 43.5 Å². The monoisotopic (exact) mass is 475 g/mol. The number of carbonyl (C=O) groups is 1. The second kappa shape index (κ2) is 10.3. The number of carboxylic acids is 1. The van der Waals surface area contributed by atoms with Gasteiger partial charge in [-0.2, -0.15) is 0 Å². The van der Waals surface area contributed by atoms with E-state index in [1.165, 1.54) is 5.56 Å². The minimum absolute atomic E-state index is 0.122. The van der Waals surface area contributed by atoms with Crippen LogP contribution in [-0.2, 0) is 17.8 Å². The molecule has 0 bridgehead atoms. The SMILES string of the molecule is Cc1cnc(-c2ccc3c(c2)OCO3)nc1CNCCCOc1ccc2c(c1)CC[C@H]2CC(=O)O. The fourth-order valence-electron chi connectivity index (χ4n) is 4.62. The number of nitrogens with zero attached hydrogens (tertiary/aromatic N) is 2. The first-order chi connectivity index (χ1) is 17.1. The van der Waals surface area contributed by atoms with Crippen LogP contribution >= 0.6 is 0 Å². The van der Waals surface area contributed by atoms with Crippen molar-refractivity contribution in [1.82, 2.24) is 15.3 Å². The Bertz CT molecular complexity index is 1230. The number of rotatable bonds is 10. The van der Waals surface area contributed by atoms with Gasteiger partial charge in [-0.05, 0) is 85.7 Å². The van der Waals surface area contributed by atoms with Crippen LogP contribution in [0.5, 0.6) is 17.2 Å². The van der Waals surface area contributed by atoms with E-state index in [1.54, 1.807) is 0 Å². The van der Waals surface area contributed by atoms with E-state index in [4.69, 9.17) is 24.3 Å². The molecule has 0 amide bonds. The van der Waals surface area contributed by atoms with Gasteiger partial charge in [-0.15, -0.1) is 0 Å². The molecule has 182 valence electrons. The first-order valence-corrected chi connectivity index (χ1v) is 12.0. The third-order valence-electron chi connectivity index (χ3n) is 6.50. The molecule has 0 fully saturated rings. The first kappa shape index (κ1) is 23.1. The van der Waals surface area contributed by atoms with Crippen molar-refractivity contribution in [3.63, 3.8) is 0 Å². The minimum atomic E-state index is -0.739. The molecule has 0 saturated carbocycles. The van der Waals surface area contributed by atoms with Gasteiger partial charge in [-0.3, -0.25) is 4.79 Å².